The second kappa shape index (κ2) is 11.1. The SMILES string of the molecule is Cc1nc(COc2ccccc2C=CC(=O)Nc2cc(C(=O)N(C)C(C)C)ccc2Cl)cs1. The third-order valence-electron chi connectivity index (χ3n) is 4.94. The highest BCUT2D eigenvalue weighted by atomic mass is 35.5. The Bertz CT molecular complexity index is 1170. The molecular formula is C25H26ClN3O3S. The summed E-state index contributed by atoms with van der Waals surface area (Å²) in [6.45, 7) is 6.16. The van der Waals surface area contributed by atoms with Gasteiger partial charge in [0.25, 0.3) is 5.91 Å². The van der Waals surface area contributed by atoms with Crippen molar-refractivity contribution in [1.29, 1.82) is 0 Å². The zero-order valence-corrected chi connectivity index (χ0v) is 20.5. The Morgan fingerprint density at radius 2 is 2.00 bits per heavy atom. The standard InChI is InChI=1S/C25H26ClN3O3S/c1-16(2)29(4)25(31)19-9-11-21(26)22(13-19)28-24(30)12-10-18-7-5-6-8-23(18)32-14-20-15-33-17(3)27-20/h5-13,15-16H,14H2,1-4H3,(H,28,30). The molecule has 0 saturated carbocycles. The number of nitrogens with one attached hydrogen (secondary N) is 1. The van der Waals surface area contributed by atoms with E-state index in [1.807, 2.05) is 50.4 Å². The summed E-state index contributed by atoms with van der Waals surface area (Å²) >= 11 is 7.81. The van der Waals surface area contributed by atoms with Gasteiger partial charge in [-0.3, -0.25) is 9.59 Å². The predicted octanol–water partition coefficient (Wildman–Crippen LogP) is 5.82. The minimum absolute atomic E-state index is 0.0518. The summed E-state index contributed by atoms with van der Waals surface area (Å²) < 4.78 is 5.89. The average molecular weight is 484 g/mol. The number of benzene rings is 2. The smallest absolute Gasteiger partial charge is 0.253 e. The van der Waals surface area contributed by atoms with E-state index in [0.29, 0.717) is 28.6 Å². The maximum absolute atomic E-state index is 12.6. The Morgan fingerprint density at radius 1 is 1.24 bits per heavy atom. The molecule has 0 fully saturated rings. The number of ether oxygens (including phenoxy) is 1. The molecule has 8 heteroatoms. The van der Waals surface area contributed by atoms with E-state index in [0.717, 1.165) is 16.3 Å². The first-order valence-electron chi connectivity index (χ1n) is 10.4. The number of carbonyl (C=O) groups is 2. The molecule has 3 rings (SSSR count). The van der Waals surface area contributed by atoms with Crippen molar-refractivity contribution in [2.45, 2.75) is 33.4 Å². The van der Waals surface area contributed by atoms with Gasteiger partial charge in [-0.1, -0.05) is 29.8 Å². The Labute approximate surface area is 202 Å². The van der Waals surface area contributed by atoms with Gasteiger partial charge in [-0.05, 0) is 51.1 Å². The molecular weight excluding hydrogens is 458 g/mol. The largest absolute Gasteiger partial charge is 0.487 e. The van der Waals surface area contributed by atoms with Crippen LogP contribution in [0, 0.1) is 6.92 Å². The van der Waals surface area contributed by atoms with Crippen LogP contribution in [0.15, 0.2) is 53.9 Å². The molecule has 1 N–H and O–H groups in total. The molecule has 2 amide bonds. The van der Waals surface area contributed by atoms with Crippen LogP contribution in [0.5, 0.6) is 5.75 Å². The number of para-hydroxylation sites is 1. The summed E-state index contributed by atoms with van der Waals surface area (Å²) in [6.07, 6.45) is 3.08. The van der Waals surface area contributed by atoms with Gasteiger partial charge < -0.3 is 15.0 Å². The van der Waals surface area contributed by atoms with Crippen molar-refractivity contribution < 1.29 is 14.3 Å². The molecule has 172 valence electrons. The normalized spacial score (nSPS) is 11.1. The lowest BCUT2D eigenvalue weighted by Crippen LogP contribution is -2.33. The molecule has 3 aromatic rings. The van der Waals surface area contributed by atoms with Crippen LogP contribution in [0.3, 0.4) is 0 Å². The fourth-order valence-corrected chi connectivity index (χ4v) is 3.67. The lowest BCUT2D eigenvalue weighted by molar-refractivity contribution is -0.111. The van der Waals surface area contributed by atoms with Crippen molar-refractivity contribution in [3.63, 3.8) is 0 Å². The lowest BCUT2D eigenvalue weighted by Gasteiger charge is -2.21. The Balaban J connectivity index is 1.69. The molecule has 0 aliphatic heterocycles. The van der Waals surface area contributed by atoms with Gasteiger partial charge in [0.1, 0.15) is 12.4 Å². The molecule has 33 heavy (non-hydrogen) atoms. The molecule has 0 aliphatic carbocycles. The van der Waals surface area contributed by atoms with Gasteiger partial charge in [-0.15, -0.1) is 11.3 Å². The van der Waals surface area contributed by atoms with Gasteiger partial charge in [0.05, 0.1) is 21.4 Å². The third kappa shape index (κ3) is 6.66. The van der Waals surface area contributed by atoms with E-state index >= 15 is 0 Å². The first-order valence-corrected chi connectivity index (χ1v) is 11.7. The summed E-state index contributed by atoms with van der Waals surface area (Å²) in [4.78, 5) is 31.2. The van der Waals surface area contributed by atoms with Gasteiger partial charge in [0.2, 0.25) is 5.91 Å². The van der Waals surface area contributed by atoms with Crippen LogP contribution in [0.1, 0.15) is 40.5 Å². The number of anilines is 1. The van der Waals surface area contributed by atoms with Gasteiger partial charge in [-0.2, -0.15) is 0 Å². The number of nitrogens with zero attached hydrogens (tertiary/aromatic N) is 2. The number of carbonyl (C=O) groups excluding carboxylic acids is 2. The zero-order valence-electron chi connectivity index (χ0n) is 19.0. The van der Waals surface area contributed by atoms with E-state index in [-0.39, 0.29) is 17.9 Å². The fraction of sp³-hybridized carbons (Fsp3) is 0.240. The van der Waals surface area contributed by atoms with Crippen LogP contribution in [-0.2, 0) is 11.4 Å². The van der Waals surface area contributed by atoms with Gasteiger partial charge in [0.15, 0.2) is 0 Å². The number of amides is 2. The summed E-state index contributed by atoms with van der Waals surface area (Å²) in [7, 11) is 1.73. The molecule has 0 bridgehead atoms. The van der Waals surface area contributed by atoms with Gasteiger partial charge >= 0.3 is 0 Å². The molecule has 0 unspecified atom stereocenters. The number of aryl methyl sites for hydroxylation is 1. The summed E-state index contributed by atoms with van der Waals surface area (Å²) in [5.41, 5.74) is 2.44. The molecule has 0 aliphatic rings. The van der Waals surface area contributed by atoms with Crippen molar-refractivity contribution in [3.8, 4) is 5.75 Å². The van der Waals surface area contributed by atoms with E-state index in [9.17, 15) is 9.59 Å². The molecule has 0 atom stereocenters. The Hall–Kier alpha value is -3.16. The summed E-state index contributed by atoms with van der Waals surface area (Å²) in [5, 5.41) is 6.04. The van der Waals surface area contributed by atoms with Crippen molar-refractivity contribution in [2.24, 2.45) is 0 Å². The van der Waals surface area contributed by atoms with E-state index in [1.54, 1.807) is 47.6 Å². The van der Waals surface area contributed by atoms with Crippen molar-refractivity contribution in [1.82, 2.24) is 9.88 Å². The van der Waals surface area contributed by atoms with Crippen LogP contribution in [0.2, 0.25) is 5.02 Å². The summed E-state index contributed by atoms with van der Waals surface area (Å²) in [6, 6.07) is 12.3. The fourth-order valence-electron chi connectivity index (χ4n) is 2.91. The number of thiazole rings is 1. The second-order valence-electron chi connectivity index (χ2n) is 7.71. The maximum atomic E-state index is 12.6. The quantitative estimate of drug-likeness (QED) is 0.410. The van der Waals surface area contributed by atoms with E-state index in [4.69, 9.17) is 16.3 Å². The minimum atomic E-state index is -0.372. The second-order valence-corrected chi connectivity index (χ2v) is 9.18. The van der Waals surface area contributed by atoms with E-state index in [1.165, 1.54) is 6.08 Å². The highest BCUT2D eigenvalue weighted by molar-refractivity contribution is 7.09. The van der Waals surface area contributed by atoms with Crippen LogP contribution < -0.4 is 10.1 Å². The lowest BCUT2D eigenvalue weighted by atomic mass is 10.1. The van der Waals surface area contributed by atoms with Gasteiger partial charge in [0, 0.05) is 35.7 Å². The first kappa shape index (κ1) is 24.5. The number of aromatic nitrogens is 1. The summed E-state index contributed by atoms with van der Waals surface area (Å²) in [5.74, 6) is 0.132. The molecule has 0 saturated heterocycles. The van der Waals surface area contributed by atoms with E-state index in [2.05, 4.69) is 10.3 Å². The highest BCUT2D eigenvalue weighted by Crippen LogP contribution is 2.25. The minimum Gasteiger partial charge on any atom is -0.487 e. The molecule has 1 heterocycles. The van der Waals surface area contributed by atoms with Crippen LogP contribution in [0.25, 0.3) is 6.08 Å². The predicted molar refractivity (Wildman–Crippen MR) is 134 cm³/mol. The van der Waals surface area contributed by atoms with Crippen LogP contribution >= 0.6 is 22.9 Å². The van der Waals surface area contributed by atoms with Crippen molar-refractivity contribution in [3.05, 3.63) is 80.8 Å². The third-order valence-corrected chi connectivity index (χ3v) is 6.09. The topological polar surface area (TPSA) is 71.5 Å². The number of hydrogen-bond acceptors (Lipinski definition) is 5. The van der Waals surface area contributed by atoms with Crippen molar-refractivity contribution in [2.75, 3.05) is 12.4 Å². The first-order chi connectivity index (χ1) is 15.7. The molecule has 1 aromatic heterocycles. The van der Waals surface area contributed by atoms with E-state index < -0.39 is 0 Å². The van der Waals surface area contributed by atoms with Crippen LogP contribution in [-0.4, -0.2) is 34.8 Å². The maximum Gasteiger partial charge on any atom is 0.253 e. The number of halogens is 1. The molecule has 0 spiro atoms. The highest BCUT2D eigenvalue weighted by Gasteiger charge is 2.16. The number of rotatable bonds is 8. The molecule has 2 aromatic carbocycles. The number of hydrogen-bond donors (Lipinski definition) is 1. The zero-order chi connectivity index (χ0) is 24.0. The Morgan fingerprint density at radius 3 is 2.70 bits per heavy atom. The van der Waals surface area contributed by atoms with Gasteiger partial charge in [-0.25, -0.2) is 4.98 Å². The average Bonchev–Trinajstić information content (AvgIpc) is 3.22. The van der Waals surface area contributed by atoms with Crippen molar-refractivity contribution >= 4 is 46.5 Å². The molecule has 6 nitrogen and oxygen atoms in total. The molecule has 0 radical (unpaired) electrons. The Kier molecular flexibility index (Phi) is 8.25. The van der Waals surface area contributed by atoms with Crippen LogP contribution in [0.4, 0.5) is 5.69 Å². The monoisotopic (exact) mass is 483 g/mol.